The average Bonchev–Trinajstić information content (AvgIpc) is 3.74. The van der Waals surface area contributed by atoms with Gasteiger partial charge in [0.05, 0.1) is 48.1 Å². The summed E-state index contributed by atoms with van der Waals surface area (Å²) in [5, 5.41) is 72.9. The molecule has 0 bridgehead atoms. The van der Waals surface area contributed by atoms with Crippen LogP contribution < -0.4 is 39.7 Å². The molecule has 1 aromatic heterocycles. The number of rotatable bonds is 26. The third-order valence-corrected chi connectivity index (χ3v) is 12.0. The fraction of sp³-hybridized carbons (Fsp3) is 0.404. The molecule has 26 heteroatoms. The molecule has 73 heavy (non-hydrogen) atoms. The third-order valence-electron chi connectivity index (χ3n) is 12.0. The van der Waals surface area contributed by atoms with Crippen LogP contribution in [0.4, 0.5) is 17.1 Å². The fourth-order valence-corrected chi connectivity index (χ4v) is 8.81. The van der Waals surface area contributed by atoms with E-state index in [1.165, 1.54) is 54.5 Å². The molecule has 0 spiro atoms. The average molecular weight is 1020 g/mol. The molecule has 0 radical (unpaired) electrons. The van der Waals surface area contributed by atoms with Crippen LogP contribution in [0.5, 0.6) is 23.0 Å². The molecule has 390 valence electrons. The van der Waals surface area contributed by atoms with Crippen LogP contribution in [-0.2, 0) is 35.4 Å². The van der Waals surface area contributed by atoms with Gasteiger partial charge in [0.2, 0.25) is 0 Å². The SMILES string of the molecule is COc1ccc(N(CC(=O)O)CC(=O)O)c(O[C@H]2CCC[C@H]2Oc2cc([N+](=O)[O-])c(COc3ccc4cc(C(=O)NC5CCC(N(CC(=O)O)CC(=O)O)CC5)c(=O)oc4c3)cc2N(CC(=O)O)CC(=O)O)c1. The molecular formula is C47H51N5O21. The summed E-state index contributed by atoms with van der Waals surface area (Å²) in [5.41, 5.74) is -2.20. The molecule has 2 aliphatic carbocycles. The maximum Gasteiger partial charge on any atom is 0.349 e. The van der Waals surface area contributed by atoms with Gasteiger partial charge in [0.25, 0.3) is 11.6 Å². The molecule has 2 saturated carbocycles. The first-order valence-corrected chi connectivity index (χ1v) is 22.6. The van der Waals surface area contributed by atoms with Crippen LogP contribution in [0.3, 0.4) is 0 Å². The van der Waals surface area contributed by atoms with Crippen LogP contribution in [0, 0.1) is 10.1 Å². The van der Waals surface area contributed by atoms with Crippen molar-refractivity contribution >= 4 is 69.8 Å². The first-order chi connectivity index (χ1) is 34.7. The van der Waals surface area contributed by atoms with Crippen molar-refractivity contribution < 1.29 is 92.5 Å². The Morgan fingerprint density at radius 3 is 1.74 bits per heavy atom. The number of fused-ring (bicyclic) bond motifs is 1. The van der Waals surface area contributed by atoms with Crippen LogP contribution in [0.25, 0.3) is 11.0 Å². The lowest BCUT2D eigenvalue weighted by atomic mass is 9.90. The second-order valence-corrected chi connectivity index (χ2v) is 17.2. The minimum absolute atomic E-state index is 0.0228. The summed E-state index contributed by atoms with van der Waals surface area (Å²) < 4.78 is 29.4. The highest BCUT2D eigenvalue weighted by atomic mass is 16.6. The smallest absolute Gasteiger partial charge is 0.349 e. The number of nitro groups is 1. The first-order valence-electron chi connectivity index (χ1n) is 22.6. The summed E-state index contributed by atoms with van der Waals surface area (Å²) in [6, 6.07) is 11.2. The van der Waals surface area contributed by atoms with Gasteiger partial charge in [-0.3, -0.25) is 48.6 Å². The predicted octanol–water partition coefficient (Wildman–Crippen LogP) is 3.13. The zero-order valence-corrected chi connectivity index (χ0v) is 39.0. The van der Waals surface area contributed by atoms with Crippen LogP contribution in [0.1, 0.15) is 60.9 Å². The second kappa shape index (κ2) is 24.0. The topological polar surface area (TPSA) is 373 Å². The van der Waals surface area contributed by atoms with E-state index in [4.69, 9.17) is 23.4 Å². The molecule has 0 aliphatic heterocycles. The highest BCUT2D eigenvalue weighted by Crippen LogP contribution is 2.41. The number of anilines is 2. The van der Waals surface area contributed by atoms with Gasteiger partial charge in [-0.2, -0.15) is 0 Å². The van der Waals surface area contributed by atoms with Crippen LogP contribution in [-0.4, -0.2) is 153 Å². The van der Waals surface area contributed by atoms with Gasteiger partial charge in [0.1, 0.15) is 79.1 Å². The number of ether oxygens (including phenoxy) is 4. The van der Waals surface area contributed by atoms with E-state index in [1.54, 1.807) is 0 Å². The fourth-order valence-electron chi connectivity index (χ4n) is 8.81. The number of carbonyl (C=O) groups is 7. The first kappa shape index (κ1) is 53.7. The quantitative estimate of drug-likeness (QED) is 0.0270. The largest absolute Gasteiger partial charge is 0.497 e. The number of carboxylic acids is 6. The highest BCUT2D eigenvalue weighted by molar-refractivity contribution is 5.97. The second-order valence-electron chi connectivity index (χ2n) is 17.2. The Hall–Kier alpha value is -8.68. The molecule has 6 rings (SSSR count). The Kier molecular flexibility index (Phi) is 17.6. The number of methoxy groups -OCH3 is 1. The molecule has 1 heterocycles. The van der Waals surface area contributed by atoms with Crippen molar-refractivity contribution in [2.75, 3.05) is 56.2 Å². The number of nitrogens with one attached hydrogen (secondary N) is 1. The lowest BCUT2D eigenvalue weighted by molar-refractivity contribution is -0.385. The van der Waals surface area contributed by atoms with E-state index in [0.29, 0.717) is 43.9 Å². The zero-order chi connectivity index (χ0) is 53.1. The number of nitro benzene ring substituents is 1. The van der Waals surface area contributed by atoms with E-state index >= 15 is 0 Å². The van der Waals surface area contributed by atoms with E-state index in [1.807, 2.05) is 0 Å². The van der Waals surface area contributed by atoms with Crippen molar-refractivity contribution in [1.29, 1.82) is 0 Å². The predicted molar refractivity (Wildman–Crippen MR) is 251 cm³/mol. The Balaban J connectivity index is 1.23. The van der Waals surface area contributed by atoms with E-state index < -0.39 is 122 Å². The van der Waals surface area contributed by atoms with Crippen molar-refractivity contribution in [2.45, 2.75) is 75.8 Å². The zero-order valence-electron chi connectivity index (χ0n) is 39.0. The number of nitrogens with zero attached hydrogens (tertiary/aromatic N) is 4. The number of aliphatic carboxylic acids is 6. The van der Waals surface area contributed by atoms with Gasteiger partial charge in [-0.05, 0) is 81.3 Å². The van der Waals surface area contributed by atoms with Crippen molar-refractivity contribution in [1.82, 2.24) is 10.2 Å². The Labute approximate surface area is 413 Å². The Morgan fingerprint density at radius 1 is 0.671 bits per heavy atom. The summed E-state index contributed by atoms with van der Waals surface area (Å²) in [6.07, 6.45) is 0.817. The van der Waals surface area contributed by atoms with E-state index in [2.05, 4.69) is 5.32 Å². The lowest BCUT2D eigenvalue weighted by Gasteiger charge is -2.35. The molecule has 0 unspecified atom stereocenters. The minimum atomic E-state index is -1.45. The van der Waals surface area contributed by atoms with Gasteiger partial charge >= 0.3 is 41.4 Å². The number of amides is 1. The molecule has 26 nitrogen and oxygen atoms in total. The van der Waals surface area contributed by atoms with Crippen molar-refractivity contribution in [3.05, 3.63) is 86.3 Å². The number of carbonyl (C=O) groups excluding carboxylic acids is 1. The van der Waals surface area contributed by atoms with E-state index in [0.717, 1.165) is 21.9 Å². The Morgan fingerprint density at radius 2 is 1.21 bits per heavy atom. The van der Waals surface area contributed by atoms with Crippen LogP contribution in [0.2, 0.25) is 0 Å². The molecule has 1 amide bonds. The van der Waals surface area contributed by atoms with Gasteiger partial charge in [-0.15, -0.1) is 0 Å². The van der Waals surface area contributed by atoms with Crippen molar-refractivity contribution in [2.24, 2.45) is 0 Å². The van der Waals surface area contributed by atoms with Gasteiger partial charge in [0, 0.05) is 29.6 Å². The summed E-state index contributed by atoms with van der Waals surface area (Å²) in [6.45, 7) is -4.70. The van der Waals surface area contributed by atoms with Gasteiger partial charge < -0.3 is 69.1 Å². The van der Waals surface area contributed by atoms with Gasteiger partial charge in [-0.1, -0.05) is 0 Å². The molecule has 7 N–H and O–H groups in total. The molecule has 4 aromatic rings. The van der Waals surface area contributed by atoms with Crippen molar-refractivity contribution in [3.8, 4) is 23.0 Å². The molecule has 2 fully saturated rings. The minimum Gasteiger partial charge on any atom is -0.497 e. The number of carboxylic acid groups (broad SMARTS) is 6. The molecule has 2 atom stereocenters. The summed E-state index contributed by atoms with van der Waals surface area (Å²) in [5.74, 6) is -8.61. The maximum atomic E-state index is 13.3. The number of hydrogen-bond acceptors (Lipinski definition) is 18. The van der Waals surface area contributed by atoms with E-state index in [9.17, 15) is 79.1 Å². The lowest BCUT2D eigenvalue weighted by Crippen LogP contribution is -2.47. The van der Waals surface area contributed by atoms with Gasteiger partial charge in [0.15, 0.2) is 0 Å². The summed E-state index contributed by atoms with van der Waals surface area (Å²) in [7, 11) is 1.37. The number of hydrogen-bond donors (Lipinski definition) is 7. The van der Waals surface area contributed by atoms with Crippen LogP contribution >= 0.6 is 0 Å². The maximum absolute atomic E-state index is 13.3. The standard InChI is InChI=1S/C47H51N5O21/c1-69-29-11-12-32(50(20-42(57)58)21-43(59)60)38(15-29)71-35-3-2-4-36(35)72-39-17-33(52(67)68)26(14-34(39)51(22-44(61)62)23-45(63)64)24-70-30-10-5-25-13-31(47(66)73-37(25)16-30)46(65)48-27-6-8-28(9-7-27)49(18-40(53)54)19-41(55)56/h5,10-17,27-28,35-36H,2-4,6-9,18-24H2,1H3,(H,48,65)(H,53,54)(H,55,56)(H,57,58)(H,59,60)(H,61,62)(H,63,64)/t27?,28?,35-,36+/m0/s1. The van der Waals surface area contributed by atoms with Crippen molar-refractivity contribution in [3.63, 3.8) is 0 Å². The van der Waals surface area contributed by atoms with E-state index in [-0.39, 0.29) is 63.5 Å². The summed E-state index contributed by atoms with van der Waals surface area (Å²) >= 11 is 0. The molecular weight excluding hydrogens is 971 g/mol. The van der Waals surface area contributed by atoms with Gasteiger partial charge in [-0.25, -0.2) is 4.79 Å². The highest BCUT2D eigenvalue weighted by Gasteiger charge is 2.36. The number of benzene rings is 3. The molecule has 3 aromatic carbocycles. The molecule has 2 aliphatic rings. The molecule has 0 saturated heterocycles. The monoisotopic (exact) mass is 1020 g/mol. The Bertz CT molecular complexity index is 2780. The normalized spacial score (nSPS) is 17.3. The summed E-state index contributed by atoms with van der Waals surface area (Å²) in [4.78, 5) is 112. The third kappa shape index (κ3) is 14.5. The van der Waals surface area contributed by atoms with Crippen LogP contribution in [0.15, 0.2) is 63.8 Å².